The minimum atomic E-state index is 0.635. The number of likely N-dealkylation sites (tertiary alicyclic amines) is 1. The zero-order valence-electron chi connectivity index (χ0n) is 12.3. The first-order valence-electron chi connectivity index (χ1n) is 7.61. The van der Waals surface area contributed by atoms with E-state index >= 15 is 0 Å². The molecule has 3 heteroatoms. The molecule has 1 N–H and O–H groups in total. The van der Waals surface area contributed by atoms with Crippen molar-refractivity contribution < 1.29 is 0 Å². The van der Waals surface area contributed by atoms with Gasteiger partial charge in [-0.2, -0.15) is 0 Å². The molecular weight excluding hydrogens is 222 g/mol. The molecule has 18 heavy (non-hydrogen) atoms. The fraction of sp³-hybridized carbons (Fsp3) is 0.933. The number of rotatable bonds is 3. The van der Waals surface area contributed by atoms with E-state index < -0.39 is 0 Å². The SMILES string of the molecule is CN=C(NCCC(C)C)N1CCC2(CCCC2)C1. The van der Waals surface area contributed by atoms with Crippen molar-refractivity contribution in [1.29, 1.82) is 0 Å². The maximum Gasteiger partial charge on any atom is 0.193 e. The quantitative estimate of drug-likeness (QED) is 0.617. The topological polar surface area (TPSA) is 27.6 Å². The summed E-state index contributed by atoms with van der Waals surface area (Å²) < 4.78 is 0. The molecule has 1 heterocycles. The van der Waals surface area contributed by atoms with Crippen LogP contribution in [0.3, 0.4) is 0 Å². The lowest BCUT2D eigenvalue weighted by atomic mass is 9.86. The Hall–Kier alpha value is -0.730. The second-order valence-electron chi connectivity index (χ2n) is 6.54. The van der Waals surface area contributed by atoms with Crippen LogP contribution in [0.2, 0.25) is 0 Å². The summed E-state index contributed by atoms with van der Waals surface area (Å²) in [6.07, 6.45) is 8.34. The minimum Gasteiger partial charge on any atom is -0.356 e. The second kappa shape index (κ2) is 5.94. The summed E-state index contributed by atoms with van der Waals surface area (Å²) in [7, 11) is 1.91. The van der Waals surface area contributed by atoms with Crippen LogP contribution >= 0.6 is 0 Å². The highest BCUT2D eigenvalue weighted by atomic mass is 15.3. The number of hydrogen-bond acceptors (Lipinski definition) is 1. The molecule has 0 bridgehead atoms. The van der Waals surface area contributed by atoms with E-state index in [9.17, 15) is 0 Å². The van der Waals surface area contributed by atoms with E-state index in [1.165, 1.54) is 51.6 Å². The van der Waals surface area contributed by atoms with Crippen molar-refractivity contribution in [3.63, 3.8) is 0 Å². The summed E-state index contributed by atoms with van der Waals surface area (Å²) in [4.78, 5) is 6.93. The maximum absolute atomic E-state index is 4.45. The molecule has 1 saturated carbocycles. The van der Waals surface area contributed by atoms with E-state index in [0.717, 1.165) is 18.4 Å². The molecule has 2 aliphatic rings. The molecule has 3 nitrogen and oxygen atoms in total. The Morgan fingerprint density at radius 3 is 2.61 bits per heavy atom. The molecule has 1 aliphatic heterocycles. The molecular formula is C15H29N3. The van der Waals surface area contributed by atoms with Gasteiger partial charge in [0.25, 0.3) is 0 Å². The van der Waals surface area contributed by atoms with Crippen LogP contribution in [0, 0.1) is 11.3 Å². The summed E-state index contributed by atoms with van der Waals surface area (Å²) in [5, 5.41) is 3.52. The molecule has 0 aromatic carbocycles. The van der Waals surface area contributed by atoms with Gasteiger partial charge in [-0.3, -0.25) is 4.99 Å². The summed E-state index contributed by atoms with van der Waals surface area (Å²) in [5.41, 5.74) is 0.635. The second-order valence-corrected chi connectivity index (χ2v) is 6.54. The van der Waals surface area contributed by atoms with E-state index in [4.69, 9.17) is 0 Å². The molecule has 104 valence electrons. The van der Waals surface area contributed by atoms with Gasteiger partial charge in [0, 0.05) is 26.7 Å². The molecule has 0 amide bonds. The predicted octanol–water partition coefficient (Wildman–Crippen LogP) is 2.87. The fourth-order valence-corrected chi connectivity index (χ4v) is 3.45. The normalized spacial score (nSPS) is 23.3. The number of hydrogen-bond donors (Lipinski definition) is 1. The van der Waals surface area contributed by atoms with Crippen molar-refractivity contribution in [2.75, 3.05) is 26.7 Å². The van der Waals surface area contributed by atoms with Crippen molar-refractivity contribution >= 4 is 5.96 Å². The minimum absolute atomic E-state index is 0.635. The Morgan fingerprint density at radius 1 is 1.28 bits per heavy atom. The van der Waals surface area contributed by atoms with Crippen LogP contribution in [0.5, 0.6) is 0 Å². The molecule has 0 aromatic heterocycles. The van der Waals surface area contributed by atoms with Gasteiger partial charge >= 0.3 is 0 Å². The van der Waals surface area contributed by atoms with Gasteiger partial charge in [-0.05, 0) is 37.0 Å². The van der Waals surface area contributed by atoms with Crippen molar-refractivity contribution in [3.05, 3.63) is 0 Å². The number of nitrogens with zero attached hydrogens (tertiary/aromatic N) is 2. The first-order valence-corrected chi connectivity index (χ1v) is 7.61. The van der Waals surface area contributed by atoms with Crippen molar-refractivity contribution in [3.8, 4) is 0 Å². The van der Waals surface area contributed by atoms with E-state index in [1.54, 1.807) is 0 Å². The van der Waals surface area contributed by atoms with Crippen molar-refractivity contribution in [1.82, 2.24) is 10.2 Å². The Bertz CT molecular complexity index is 290. The highest BCUT2D eigenvalue weighted by Crippen LogP contribution is 2.45. The third-order valence-corrected chi connectivity index (χ3v) is 4.62. The Kier molecular flexibility index (Phi) is 4.52. The smallest absolute Gasteiger partial charge is 0.193 e. The van der Waals surface area contributed by atoms with Gasteiger partial charge < -0.3 is 10.2 Å². The Morgan fingerprint density at radius 2 is 2.00 bits per heavy atom. The van der Waals surface area contributed by atoms with Gasteiger partial charge in [-0.15, -0.1) is 0 Å². The average molecular weight is 251 g/mol. The van der Waals surface area contributed by atoms with Crippen LogP contribution in [0.1, 0.15) is 52.4 Å². The molecule has 0 radical (unpaired) electrons. The van der Waals surface area contributed by atoms with Gasteiger partial charge in [-0.1, -0.05) is 26.7 Å². The van der Waals surface area contributed by atoms with Crippen molar-refractivity contribution in [2.45, 2.75) is 52.4 Å². The van der Waals surface area contributed by atoms with Crippen LogP contribution in [0.25, 0.3) is 0 Å². The van der Waals surface area contributed by atoms with Crippen LogP contribution in [-0.4, -0.2) is 37.5 Å². The molecule has 1 spiro atoms. The van der Waals surface area contributed by atoms with E-state index in [0.29, 0.717) is 5.41 Å². The highest BCUT2D eigenvalue weighted by molar-refractivity contribution is 5.80. The van der Waals surface area contributed by atoms with E-state index in [-0.39, 0.29) is 0 Å². The van der Waals surface area contributed by atoms with E-state index in [2.05, 4.69) is 29.1 Å². The zero-order chi connectivity index (χ0) is 13.0. The van der Waals surface area contributed by atoms with Crippen LogP contribution in [0.4, 0.5) is 0 Å². The van der Waals surface area contributed by atoms with Crippen LogP contribution < -0.4 is 5.32 Å². The lowest BCUT2D eigenvalue weighted by molar-refractivity contribution is 0.309. The predicted molar refractivity (Wildman–Crippen MR) is 77.9 cm³/mol. The monoisotopic (exact) mass is 251 g/mol. The summed E-state index contributed by atoms with van der Waals surface area (Å²) in [6, 6.07) is 0. The van der Waals surface area contributed by atoms with Gasteiger partial charge in [-0.25, -0.2) is 0 Å². The average Bonchev–Trinajstić information content (AvgIpc) is 2.96. The van der Waals surface area contributed by atoms with Gasteiger partial charge in [0.2, 0.25) is 0 Å². The molecule has 2 fully saturated rings. The molecule has 1 aliphatic carbocycles. The maximum atomic E-state index is 4.45. The zero-order valence-corrected chi connectivity index (χ0v) is 12.3. The molecule has 0 unspecified atom stereocenters. The first kappa shape index (κ1) is 13.7. The fourth-order valence-electron chi connectivity index (χ4n) is 3.45. The molecule has 0 aromatic rings. The van der Waals surface area contributed by atoms with E-state index in [1.807, 2.05) is 7.05 Å². The third kappa shape index (κ3) is 3.18. The van der Waals surface area contributed by atoms with Gasteiger partial charge in [0.05, 0.1) is 0 Å². The lowest BCUT2D eigenvalue weighted by Crippen LogP contribution is -2.41. The van der Waals surface area contributed by atoms with Gasteiger partial charge in [0.15, 0.2) is 5.96 Å². The standard InChI is InChI=1S/C15H29N3/c1-13(2)6-10-17-14(16-3)18-11-9-15(12-18)7-4-5-8-15/h13H,4-12H2,1-3H3,(H,16,17). The summed E-state index contributed by atoms with van der Waals surface area (Å²) >= 11 is 0. The number of nitrogens with one attached hydrogen (secondary N) is 1. The van der Waals surface area contributed by atoms with Crippen LogP contribution in [-0.2, 0) is 0 Å². The largest absolute Gasteiger partial charge is 0.356 e. The number of guanidine groups is 1. The first-order chi connectivity index (χ1) is 8.65. The molecule has 1 saturated heterocycles. The third-order valence-electron chi connectivity index (χ3n) is 4.62. The number of aliphatic imine (C=N–C) groups is 1. The Labute approximate surface area is 112 Å². The van der Waals surface area contributed by atoms with Crippen LogP contribution in [0.15, 0.2) is 4.99 Å². The van der Waals surface area contributed by atoms with Crippen molar-refractivity contribution in [2.24, 2.45) is 16.3 Å². The highest BCUT2D eigenvalue weighted by Gasteiger charge is 2.40. The molecule has 2 rings (SSSR count). The Balaban J connectivity index is 1.82. The summed E-state index contributed by atoms with van der Waals surface area (Å²) in [6.45, 7) is 8.02. The summed E-state index contributed by atoms with van der Waals surface area (Å²) in [5.74, 6) is 1.88. The lowest BCUT2D eigenvalue weighted by Gasteiger charge is -2.26. The van der Waals surface area contributed by atoms with Gasteiger partial charge in [0.1, 0.15) is 0 Å². The molecule has 0 atom stereocenters.